The average molecular weight is 209 g/mol. The third-order valence-electron chi connectivity index (χ3n) is 3.07. The van der Waals surface area contributed by atoms with Gasteiger partial charge in [-0.2, -0.15) is 0 Å². The Morgan fingerprint density at radius 3 is 2.29 bits per heavy atom. The fourth-order valence-corrected chi connectivity index (χ4v) is 1.89. The maximum Gasteiger partial charge on any atom is 0.503 e. The standard InChI is InChI=1S/C9H17BF3O/c1-7-3-4-9(5-8(7)2)14-6-10(11,12)13/h7-9H,3-6H2,1-2H3/q-1. The second-order valence-corrected chi connectivity index (χ2v) is 4.43. The van der Waals surface area contributed by atoms with E-state index in [2.05, 4.69) is 13.8 Å². The average Bonchev–Trinajstić information content (AvgIpc) is 2.06. The predicted molar refractivity (Wildman–Crippen MR) is 51.0 cm³/mol. The van der Waals surface area contributed by atoms with E-state index in [9.17, 15) is 12.9 Å². The zero-order valence-corrected chi connectivity index (χ0v) is 8.68. The molecule has 0 bridgehead atoms. The van der Waals surface area contributed by atoms with Gasteiger partial charge in [-0.1, -0.05) is 13.8 Å². The van der Waals surface area contributed by atoms with Crippen LogP contribution in [0.15, 0.2) is 0 Å². The van der Waals surface area contributed by atoms with E-state index in [0.717, 1.165) is 19.3 Å². The van der Waals surface area contributed by atoms with Crippen LogP contribution in [0.4, 0.5) is 12.9 Å². The van der Waals surface area contributed by atoms with Gasteiger partial charge in [0.1, 0.15) is 0 Å². The molecule has 0 radical (unpaired) electrons. The molecule has 1 aliphatic carbocycles. The van der Waals surface area contributed by atoms with Crippen LogP contribution < -0.4 is 0 Å². The summed E-state index contributed by atoms with van der Waals surface area (Å²) in [5, 5.41) is 0. The van der Waals surface area contributed by atoms with Crippen LogP contribution in [0.1, 0.15) is 33.1 Å². The van der Waals surface area contributed by atoms with Gasteiger partial charge in [-0.25, -0.2) is 0 Å². The first-order chi connectivity index (χ1) is 6.38. The zero-order chi connectivity index (χ0) is 10.8. The number of rotatable bonds is 3. The second-order valence-electron chi connectivity index (χ2n) is 4.43. The van der Waals surface area contributed by atoms with Crippen molar-refractivity contribution in [1.82, 2.24) is 0 Å². The van der Waals surface area contributed by atoms with Crippen LogP contribution in [0.25, 0.3) is 0 Å². The lowest BCUT2D eigenvalue weighted by molar-refractivity contribution is 0.0146. The summed E-state index contributed by atoms with van der Waals surface area (Å²) in [6, 6.07) is 0. The van der Waals surface area contributed by atoms with Gasteiger partial charge in [0.25, 0.3) is 0 Å². The van der Waals surface area contributed by atoms with Gasteiger partial charge in [0.2, 0.25) is 0 Å². The van der Waals surface area contributed by atoms with Gasteiger partial charge in [0.15, 0.2) is 0 Å². The van der Waals surface area contributed by atoms with Crippen LogP contribution in [-0.4, -0.2) is 19.6 Å². The summed E-state index contributed by atoms with van der Waals surface area (Å²) < 4.78 is 40.6. The van der Waals surface area contributed by atoms with Crippen molar-refractivity contribution >= 4 is 6.98 Å². The summed E-state index contributed by atoms with van der Waals surface area (Å²) in [5.41, 5.74) is 0. The molecule has 0 saturated heterocycles. The number of hydrogen-bond donors (Lipinski definition) is 0. The van der Waals surface area contributed by atoms with E-state index in [1.807, 2.05) is 0 Å². The van der Waals surface area contributed by atoms with Gasteiger partial charge in [0.05, 0.1) is 6.10 Å². The molecule has 1 fully saturated rings. The summed E-state index contributed by atoms with van der Waals surface area (Å²) >= 11 is 0. The normalized spacial score (nSPS) is 34.5. The van der Waals surface area contributed by atoms with Gasteiger partial charge in [-0.3, -0.25) is 0 Å². The quantitative estimate of drug-likeness (QED) is 0.648. The number of ether oxygens (including phenoxy) is 1. The first-order valence-corrected chi connectivity index (χ1v) is 5.21. The highest BCUT2D eigenvalue weighted by molar-refractivity contribution is 6.58. The molecule has 3 atom stereocenters. The van der Waals surface area contributed by atoms with Crippen LogP contribution in [0, 0.1) is 11.8 Å². The Hall–Kier alpha value is -0.185. The van der Waals surface area contributed by atoms with Gasteiger partial charge >= 0.3 is 6.98 Å². The zero-order valence-electron chi connectivity index (χ0n) is 8.68. The Balaban J connectivity index is 2.27. The summed E-state index contributed by atoms with van der Waals surface area (Å²) in [7, 11) is 0. The molecule has 84 valence electrons. The van der Waals surface area contributed by atoms with Crippen LogP contribution in [0.5, 0.6) is 0 Å². The van der Waals surface area contributed by atoms with E-state index in [-0.39, 0.29) is 6.10 Å². The highest BCUT2D eigenvalue weighted by Gasteiger charge is 2.29. The summed E-state index contributed by atoms with van der Waals surface area (Å²) in [5.74, 6) is 1.10. The lowest BCUT2D eigenvalue weighted by atomic mass is 9.80. The molecule has 0 heterocycles. The SMILES string of the molecule is CC1CCC(OC[B-](F)(F)F)CC1C. The number of halogens is 3. The van der Waals surface area contributed by atoms with E-state index in [4.69, 9.17) is 4.74 Å². The largest absolute Gasteiger partial charge is 0.503 e. The molecule has 1 saturated carbocycles. The Morgan fingerprint density at radius 1 is 1.14 bits per heavy atom. The van der Waals surface area contributed by atoms with Crippen molar-refractivity contribution in [3.05, 3.63) is 0 Å². The first-order valence-electron chi connectivity index (χ1n) is 5.21. The van der Waals surface area contributed by atoms with Gasteiger partial charge < -0.3 is 17.7 Å². The molecule has 0 aromatic rings. The van der Waals surface area contributed by atoms with Gasteiger partial charge in [0, 0.05) is 6.51 Å². The van der Waals surface area contributed by atoms with E-state index in [0.29, 0.717) is 11.8 Å². The van der Waals surface area contributed by atoms with Crippen LogP contribution in [0.2, 0.25) is 0 Å². The Kier molecular flexibility index (Phi) is 3.87. The summed E-state index contributed by atoms with van der Waals surface area (Å²) in [4.78, 5) is 0. The Bertz CT molecular complexity index is 183. The number of hydrogen-bond acceptors (Lipinski definition) is 1. The van der Waals surface area contributed by atoms with Crippen molar-refractivity contribution < 1.29 is 17.7 Å². The molecule has 1 aliphatic rings. The first kappa shape index (κ1) is 11.9. The molecular weight excluding hydrogens is 192 g/mol. The molecule has 0 aromatic heterocycles. The van der Waals surface area contributed by atoms with Crippen LogP contribution in [-0.2, 0) is 4.74 Å². The minimum absolute atomic E-state index is 0.176. The monoisotopic (exact) mass is 209 g/mol. The lowest BCUT2D eigenvalue weighted by Gasteiger charge is -2.33. The van der Waals surface area contributed by atoms with Crippen molar-refractivity contribution in [2.45, 2.75) is 39.2 Å². The van der Waals surface area contributed by atoms with Gasteiger partial charge in [-0.15, -0.1) is 0 Å². The lowest BCUT2D eigenvalue weighted by Crippen LogP contribution is -2.32. The molecule has 0 spiro atoms. The maximum atomic E-state index is 11.9. The van der Waals surface area contributed by atoms with Gasteiger partial charge in [-0.05, 0) is 31.1 Å². The van der Waals surface area contributed by atoms with Crippen molar-refractivity contribution in [3.8, 4) is 0 Å². The van der Waals surface area contributed by atoms with E-state index in [1.54, 1.807) is 0 Å². The molecule has 0 aliphatic heterocycles. The van der Waals surface area contributed by atoms with Crippen molar-refractivity contribution in [1.29, 1.82) is 0 Å². The highest BCUT2D eigenvalue weighted by atomic mass is 19.4. The topological polar surface area (TPSA) is 9.23 Å². The second kappa shape index (κ2) is 4.56. The van der Waals surface area contributed by atoms with E-state index < -0.39 is 13.5 Å². The molecule has 0 aromatic carbocycles. The third-order valence-corrected chi connectivity index (χ3v) is 3.07. The molecule has 1 rings (SSSR count). The van der Waals surface area contributed by atoms with Crippen LogP contribution >= 0.6 is 0 Å². The fraction of sp³-hybridized carbons (Fsp3) is 1.00. The maximum absolute atomic E-state index is 11.9. The summed E-state index contributed by atoms with van der Waals surface area (Å²) in [6.07, 6.45) is 2.35. The molecule has 14 heavy (non-hydrogen) atoms. The highest BCUT2D eigenvalue weighted by Crippen LogP contribution is 2.31. The van der Waals surface area contributed by atoms with Crippen molar-refractivity contribution in [3.63, 3.8) is 0 Å². The van der Waals surface area contributed by atoms with E-state index >= 15 is 0 Å². The Morgan fingerprint density at radius 2 is 1.79 bits per heavy atom. The molecule has 1 nitrogen and oxygen atoms in total. The van der Waals surface area contributed by atoms with E-state index in [1.165, 1.54) is 0 Å². The minimum Gasteiger partial charge on any atom is -0.447 e. The van der Waals surface area contributed by atoms with Crippen LogP contribution in [0.3, 0.4) is 0 Å². The minimum atomic E-state index is -4.78. The fourth-order valence-electron chi connectivity index (χ4n) is 1.89. The molecule has 3 unspecified atom stereocenters. The smallest absolute Gasteiger partial charge is 0.447 e. The molecule has 5 heteroatoms. The van der Waals surface area contributed by atoms with Crippen molar-refractivity contribution in [2.75, 3.05) is 6.51 Å². The third kappa shape index (κ3) is 3.90. The predicted octanol–water partition coefficient (Wildman–Crippen LogP) is 3.21. The Labute approximate surface area is 83.1 Å². The van der Waals surface area contributed by atoms with Crippen molar-refractivity contribution in [2.24, 2.45) is 11.8 Å². The molecular formula is C9H17BF3O-. The molecule has 0 amide bonds. The summed E-state index contributed by atoms with van der Waals surface area (Å²) in [6.45, 7) is -1.59. The molecule has 0 N–H and O–H groups in total.